The molecule has 3 aromatic rings. The van der Waals surface area contributed by atoms with Crippen molar-refractivity contribution in [2.75, 3.05) is 0 Å². The maximum absolute atomic E-state index is 11.9. The van der Waals surface area contributed by atoms with Crippen molar-refractivity contribution in [2.24, 2.45) is 0 Å². The second kappa shape index (κ2) is 13.8. The van der Waals surface area contributed by atoms with Crippen molar-refractivity contribution in [1.82, 2.24) is 0 Å². The predicted molar refractivity (Wildman–Crippen MR) is 146 cm³/mol. The molecule has 3 aromatic carbocycles. The summed E-state index contributed by atoms with van der Waals surface area (Å²) in [7, 11) is 0. The van der Waals surface area contributed by atoms with Gasteiger partial charge < -0.3 is 23.7 Å². The first-order chi connectivity index (χ1) is 18.3. The topological polar surface area (TPSA) is 63.2 Å². The van der Waals surface area contributed by atoms with Gasteiger partial charge in [-0.2, -0.15) is 0 Å². The van der Waals surface area contributed by atoms with E-state index in [4.69, 9.17) is 58.5 Å². The minimum Gasteiger partial charge on any atom is -0.433 e. The molecule has 0 N–H and O–H groups in total. The monoisotopic (exact) mass is 578 g/mol. The van der Waals surface area contributed by atoms with E-state index in [9.17, 15) is 4.79 Å². The Kier molecular flexibility index (Phi) is 10.4. The summed E-state index contributed by atoms with van der Waals surface area (Å²) in [6.45, 7) is 3.98. The lowest BCUT2D eigenvalue weighted by atomic mass is 9.98. The quantitative estimate of drug-likeness (QED) is 0.241. The Bertz CT molecular complexity index is 1170. The molecule has 1 unspecified atom stereocenters. The largest absolute Gasteiger partial charge is 0.433 e. The number of benzene rings is 3. The van der Waals surface area contributed by atoms with E-state index >= 15 is 0 Å². The van der Waals surface area contributed by atoms with E-state index in [-0.39, 0.29) is 13.2 Å². The molecule has 0 aromatic heterocycles. The number of hydrogen-bond acceptors (Lipinski definition) is 6. The zero-order valence-corrected chi connectivity index (χ0v) is 23.3. The first-order valence-corrected chi connectivity index (χ1v) is 13.3. The Morgan fingerprint density at radius 1 is 0.658 bits per heavy atom. The van der Waals surface area contributed by atoms with Crippen LogP contribution in [0.5, 0.6) is 0 Å². The highest BCUT2D eigenvalue weighted by molar-refractivity contribution is 6.31. The molecule has 4 rings (SSSR count). The molecule has 6 nitrogen and oxygen atoms in total. The molecule has 0 amide bonds. The molecule has 0 radical (unpaired) electrons. The van der Waals surface area contributed by atoms with E-state index in [1.807, 2.05) is 55.5 Å². The number of ether oxygens (including phenoxy) is 5. The SMILES string of the molecule is CC(=O)OC1O[C@@H](C)[C@@H](OCc2ccc(Cl)cc2)[C@@H](OCc2ccc(Cl)cc2)[C@@H]1OCc1ccc(Cl)cc1. The zero-order valence-electron chi connectivity index (χ0n) is 21.0. The van der Waals surface area contributed by atoms with Crippen LogP contribution >= 0.6 is 34.8 Å². The standard InChI is InChI=1S/C29H29Cl3O6/c1-18-26(34-15-20-3-9-23(30)10-4-20)27(35-16-21-5-11-24(31)12-6-21)28(29(37-18)38-19(2)33)36-17-22-7-13-25(32)14-8-22/h3-14,18,26-29H,15-17H2,1-2H3/t18-,26+,27+,28-,29?/m0/s1. The van der Waals surface area contributed by atoms with Crippen LogP contribution in [0.3, 0.4) is 0 Å². The molecule has 1 saturated heterocycles. The van der Waals surface area contributed by atoms with E-state index in [0.717, 1.165) is 16.7 Å². The molecule has 0 saturated carbocycles. The van der Waals surface area contributed by atoms with Gasteiger partial charge >= 0.3 is 5.97 Å². The van der Waals surface area contributed by atoms with Crippen molar-refractivity contribution in [2.45, 2.75) is 64.4 Å². The lowest BCUT2D eigenvalue weighted by Crippen LogP contribution is -2.60. The summed E-state index contributed by atoms with van der Waals surface area (Å²) in [6.07, 6.45) is -3.37. The fourth-order valence-electron chi connectivity index (χ4n) is 4.15. The molecular formula is C29H29Cl3O6. The molecule has 1 aliphatic rings. The molecule has 38 heavy (non-hydrogen) atoms. The lowest BCUT2D eigenvalue weighted by Gasteiger charge is -2.44. The van der Waals surface area contributed by atoms with E-state index in [2.05, 4.69) is 0 Å². The number of carbonyl (C=O) groups excluding carboxylic acids is 1. The summed E-state index contributed by atoms with van der Waals surface area (Å²) in [5.41, 5.74) is 2.76. The van der Waals surface area contributed by atoms with Crippen LogP contribution < -0.4 is 0 Å². The molecule has 0 spiro atoms. The van der Waals surface area contributed by atoms with Crippen LogP contribution in [0.15, 0.2) is 72.8 Å². The third-order valence-corrected chi connectivity index (χ3v) is 6.83. The summed E-state index contributed by atoms with van der Waals surface area (Å²) in [4.78, 5) is 11.9. The van der Waals surface area contributed by atoms with Gasteiger partial charge in [-0.1, -0.05) is 71.2 Å². The van der Waals surface area contributed by atoms with Crippen LogP contribution in [0.2, 0.25) is 15.1 Å². The van der Waals surface area contributed by atoms with Gasteiger partial charge in [0.05, 0.1) is 25.9 Å². The Labute approximate surface area is 237 Å². The van der Waals surface area contributed by atoms with Gasteiger partial charge in [-0.05, 0) is 60.0 Å². The highest BCUT2D eigenvalue weighted by Gasteiger charge is 2.48. The lowest BCUT2D eigenvalue weighted by molar-refractivity contribution is -0.311. The maximum Gasteiger partial charge on any atom is 0.305 e. The zero-order chi connectivity index (χ0) is 27.1. The average molecular weight is 580 g/mol. The predicted octanol–water partition coefficient (Wildman–Crippen LogP) is 7.01. The summed E-state index contributed by atoms with van der Waals surface area (Å²) >= 11 is 18.1. The third-order valence-electron chi connectivity index (χ3n) is 6.08. The Morgan fingerprint density at radius 2 is 1.03 bits per heavy atom. The van der Waals surface area contributed by atoms with Crippen LogP contribution in [-0.2, 0) is 48.3 Å². The van der Waals surface area contributed by atoms with E-state index in [1.165, 1.54) is 6.92 Å². The molecular weight excluding hydrogens is 551 g/mol. The van der Waals surface area contributed by atoms with Gasteiger partial charge in [0, 0.05) is 22.0 Å². The van der Waals surface area contributed by atoms with Crippen LogP contribution in [0.4, 0.5) is 0 Å². The van der Waals surface area contributed by atoms with Gasteiger partial charge in [0.2, 0.25) is 6.29 Å². The fraction of sp³-hybridized carbons (Fsp3) is 0.345. The highest BCUT2D eigenvalue weighted by Crippen LogP contribution is 2.31. The van der Waals surface area contributed by atoms with E-state index < -0.39 is 36.7 Å². The van der Waals surface area contributed by atoms with Crippen molar-refractivity contribution >= 4 is 40.8 Å². The number of esters is 1. The van der Waals surface area contributed by atoms with Crippen molar-refractivity contribution in [3.63, 3.8) is 0 Å². The van der Waals surface area contributed by atoms with E-state index in [0.29, 0.717) is 21.7 Å². The molecule has 0 aliphatic carbocycles. The Morgan fingerprint density at radius 3 is 1.42 bits per heavy atom. The third kappa shape index (κ3) is 8.17. The highest BCUT2D eigenvalue weighted by atomic mass is 35.5. The molecule has 1 aliphatic heterocycles. The molecule has 1 fully saturated rings. The number of carbonyl (C=O) groups is 1. The minimum atomic E-state index is -0.986. The Balaban J connectivity index is 1.58. The van der Waals surface area contributed by atoms with Gasteiger partial charge in [0.15, 0.2) is 0 Å². The molecule has 5 atom stereocenters. The van der Waals surface area contributed by atoms with Crippen LogP contribution in [0, 0.1) is 0 Å². The normalized spacial score (nSPS) is 23.2. The van der Waals surface area contributed by atoms with E-state index in [1.54, 1.807) is 24.3 Å². The summed E-state index contributed by atoms with van der Waals surface area (Å²) < 4.78 is 30.7. The summed E-state index contributed by atoms with van der Waals surface area (Å²) in [5, 5.41) is 1.91. The molecule has 202 valence electrons. The number of hydrogen-bond donors (Lipinski definition) is 0. The molecule has 0 bridgehead atoms. The van der Waals surface area contributed by atoms with Crippen LogP contribution in [0.1, 0.15) is 30.5 Å². The number of halogens is 3. The smallest absolute Gasteiger partial charge is 0.305 e. The first kappa shape index (κ1) is 28.8. The van der Waals surface area contributed by atoms with Crippen molar-refractivity contribution in [3.8, 4) is 0 Å². The van der Waals surface area contributed by atoms with Crippen molar-refractivity contribution in [3.05, 3.63) is 105 Å². The van der Waals surface area contributed by atoms with Crippen molar-refractivity contribution in [1.29, 1.82) is 0 Å². The van der Waals surface area contributed by atoms with Gasteiger partial charge in [-0.15, -0.1) is 0 Å². The van der Waals surface area contributed by atoms with Crippen LogP contribution in [0.25, 0.3) is 0 Å². The maximum atomic E-state index is 11.9. The average Bonchev–Trinajstić information content (AvgIpc) is 2.89. The van der Waals surface area contributed by atoms with Crippen LogP contribution in [-0.4, -0.2) is 36.7 Å². The fourth-order valence-corrected chi connectivity index (χ4v) is 4.52. The Hall–Kier alpha value is -2.16. The first-order valence-electron chi connectivity index (χ1n) is 12.2. The number of rotatable bonds is 10. The molecule has 9 heteroatoms. The van der Waals surface area contributed by atoms with Gasteiger partial charge in [0.1, 0.15) is 18.3 Å². The minimum absolute atomic E-state index is 0.224. The summed E-state index contributed by atoms with van der Waals surface area (Å²) in [5.74, 6) is -0.487. The van der Waals surface area contributed by atoms with Gasteiger partial charge in [0.25, 0.3) is 0 Å². The van der Waals surface area contributed by atoms with Gasteiger partial charge in [-0.25, -0.2) is 0 Å². The van der Waals surface area contributed by atoms with Gasteiger partial charge in [-0.3, -0.25) is 4.79 Å². The second-order valence-electron chi connectivity index (χ2n) is 9.03. The summed E-state index contributed by atoms with van der Waals surface area (Å²) in [6, 6.07) is 22.1. The molecule has 1 heterocycles. The van der Waals surface area contributed by atoms with Crippen molar-refractivity contribution < 1.29 is 28.5 Å². The second-order valence-corrected chi connectivity index (χ2v) is 10.3.